The fourth-order valence-corrected chi connectivity index (χ4v) is 0.204. The van der Waals surface area contributed by atoms with Gasteiger partial charge in [-0.2, -0.15) is 0 Å². The van der Waals surface area contributed by atoms with E-state index in [2.05, 4.69) is 0 Å². The smallest absolute Gasteiger partial charge is 0.404 e. The third-order valence-corrected chi connectivity index (χ3v) is 0.506. The molecular formula is C4H9NO3. The van der Waals surface area contributed by atoms with Crippen LogP contribution in [0.5, 0.6) is 0 Å². The molecule has 0 radical (unpaired) electrons. The lowest BCUT2D eigenvalue weighted by atomic mass is 10.4. The van der Waals surface area contributed by atoms with Crippen molar-refractivity contribution in [3.05, 3.63) is 0 Å². The van der Waals surface area contributed by atoms with Gasteiger partial charge in [-0.05, 0) is 6.88 Å². The van der Waals surface area contributed by atoms with Crippen LogP contribution in [0.2, 0.25) is 0 Å². The Kier molecular flexibility index (Phi) is 1.69. The number of hydrogen-bond donors (Lipinski definition) is 3. The first kappa shape index (κ1) is 4.14. The van der Waals surface area contributed by atoms with Crippen molar-refractivity contribution in [2.24, 2.45) is 0 Å². The molecule has 0 aromatic rings. The SMILES string of the molecule is [2H]C([2H])C(CO)NC(=O)O. The summed E-state index contributed by atoms with van der Waals surface area (Å²) >= 11 is 0. The molecule has 0 bridgehead atoms. The highest BCUT2D eigenvalue weighted by Crippen LogP contribution is 1.75. The number of carboxylic acid groups (broad SMARTS) is 1. The van der Waals surface area contributed by atoms with E-state index in [1.165, 1.54) is 0 Å². The van der Waals surface area contributed by atoms with Gasteiger partial charge in [-0.1, -0.05) is 0 Å². The normalized spacial score (nSPS) is 16.8. The van der Waals surface area contributed by atoms with E-state index in [1.807, 2.05) is 5.32 Å². The minimum absolute atomic E-state index is 0.524. The molecule has 4 nitrogen and oxygen atoms in total. The lowest BCUT2D eigenvalue weighted by molar-refractivity contribution is 0.180. The van der Waals surface area contributed by atoms with E-state index in [4.69, 9.17) is 13.0 Å². The summed E-state index contributed by atoms with van der Waals surface area (Å²) in [6, 6.07) is -1.02. The molecule has 4 heteroatoms. The van der Waals surface area contributed by atoms with E-state index in [0.717, 1.165) is 0 Å². The second-order valence-corrected chi connectivity index (χ2v) is 1.24. The second kappa shape index (κ2) is 3.26. The molecule has 0 saturated heterocycles. The van der Waals surface area contributed by atoms with Gasteiger partial charge >= 0.3 is 6.09 Å². The van der Waals surface area contributed by atoms with E-state index < -0.39 is 25.6 Å². The third kappa shape index (κ3) is 3.42. The van der Waals surface area contributed by atoms with Crippen LogP contribution >= 0.6 is 0 Å². The minimum Gasteiger partial charge on any atom is -0.465 e. The van der Waals surface area contributed by atoms with Gasteiger partial charge in [0.2, 0.25) is 0 Å². The summed E-state index contributed by atoms with van der Waals surface area (Å²) in [4.78, 5) is 9.88. The molecule has 0 rings (SSSR count). The van der Waals surface area contributed by atoms with Crippen molar-refractivity contribution in [1.82, 2.24) is 5.32 Å². The molecule has 0 aromatic carbocycles. The van der Waals surface area contributed by atoms with Crippen molar-refractivity contribution in [2.75, 3.05) is 6.61 Å². The zero-order chi connectivity index (χ0) is 8.15. The highest BCUT2D eigenvalue weighted by Gasteiger charge is 2.00. The van der Waals surface area contributed by atoms with Crippen molar-refractivity contribution >= 4 is 6.09 Å². The van der Waals surface area contributed by atoms with Crippen molar-refractivity contribution in [3.63, 3.8) is 0 Å². The number of hydrogen-bond acceptors (Lipinski definition) is 2. The predicted molar refractivity (Wildman–Crippen MR) is 27.7 cm³/mol. The monoisotopic (exact) mass is 121 g/mol. The Balaban J connectivity index is 3.71. The average molecular weight is 121 g/mol. The quantitative estimate of drug-likeness (QED) is 0.467. The summed E-state index contributed by atoms with van der Waals surface area (Å²) in [5, 5.41) is 18.3. The highest BCUT2D eigenvalue weighted by atomic mass is 16.4. The molecule has 0 saturated carbocycles. The molecule has 0 aliphatic heterocycles. The first-order valence-corrected chi connectivity index (χ1v) is 2.02. The Hall–Kier alpha value is -0.770. The molecule has 1 amide bonds. The Morgan fingerprint density at radius 3 is 2.88 bits per heavy atom. The van der Waals surface area contributed by atoms with Crippen LogP contribution in [0.15, 0.2) is 0 Å². The minimum atomic E-state index is -1.37. The molecule has 0 aromatic heterocycles. The van der Waals surface area contributed by atoms with Crippen molar-refractivity contribution in [3.8, 4) is 0 Å². The summed E-state index contributed by atoms with van der Waals surface area (Å²) in [7, 11) is 0. The lowest BCUT2D eigenvalue weighted by Crippen LogP contribution is -2.33. The van der Waals surface area contributed by atoms with Crippen LogP contribution in [0.3, 0.4) is 0 Å². The Morgan fingerprint density at radius 2 is 2.75 bits per heavy atom. The van der Waals surface area contributed by atoms with Crippen LogP contribution in [0.4, 0.5) is 4.79 Å². The molecule has 0 fully saturated rings. The van der Waals surface area contributed by atoms with Crippen LogP contribution in [0.25, 0.3) is 0 Å². The molecule has 1 unspecified atom stereocenters. The highest BCUT2D eigenvalue weighted by molar-refractivity contribution is 5.64. The van der Waals surface area contributed by atoms with Gasteiger partial charge < -0.3 is 15.5 Å². The standard InChI is InChI=1S/C4H9NO3/c1-3(2-6)5-4(7)8/h3,5-6H,2H2,1H3,(H,7,8)/i1D2. The third-order valence-electron chi connectivity index (χ3n) is 0.506. The van der Waals surface area contributed by atoms with Gasteiger partial charge in [-0.25, -0.2) is 4.79 Å². The van der Waals surface area contributed by atoms with E-state index in [1.54, 1.807) is 0 Å². The Bertz CT molecular complexity index is 119. The molecule has 8 heavy (non-hydrogen) atoms. The molecular weight excluding hydrogens is 110 g/mol. The number of rotatable bonds is 2. The molecule has 3 N–H and O–H groups in total. The van der Waals surface area contributed by atoms with Crippen LogP contribution in [-0.2, 0) is 0 Å². The summed E-state index contributed by atoms with van der Waals surface area (Å²) in [5.41, 5.74) is 0. The maximum atomic E-state index is 9.88. The second-order valence-electron chi connectivity index (χ2n) is 1.24. The lowest BCUT2D eigenvalue weighted by Gasteiger charge is -2.04. The Labute approximate surface area is 49.9 Å². The molecule has 1 atom stereocenters. The van der Waals surface area contributed by atoms with Gasteiger partial charge in [-0.15, -0.1) is 0 Å². The van der Waals surface area contributed by atoms with Crippen molar-refractivity contribution < 1.29 is 17.7 Å². The van der Waals surface area contributed by atoms with Gasteiger partial charge in [0.1, 0.15) is 0 Å². The Morgan fingerprint density at radius 1 is 2.12 bits per heavy atom. The number of amides is 1. The summed E-state index contributed by atoms with van der Waals surface area (Å²) in [6.45, 7) is -1.90. The fraction of sp³-hybridized carbons (Fsp3) is 0.750. The van der Waals surface area contributed by atoms with E-state index in [9.17, 15) is 4.79 Å². The van der Waals surface area contributed by atoms with Gasteiger partial charge in [0.05, 0.1) is 12.6 Å². The first-order chi connectivity index (χ1) is 4.57. The van der Waals surface area contributed by atoms with Gasteiger partial charge in [-0.3, -0.25) is 0 Å². The van der Waals surface area contributed by atoms with E-state index in [0.29, 0.717) is 0 Å². The maximum absolute atomic E-state index is 9.88. The van der Waals surface area contributed by atoms with Crippen LogP contribution in [-0.4, -0.2) is 29.0 Å². The topological polar surface area (TPSA) is 69.6 Å². The summed E-state index contributed by atoms with van der Waals surface area (Å²) in [6.07, 6.45) is -1.33. The van der Waals surface area contributed by atoms with Crippen LogP contribution < -0.4 is 5.32 Å². The molecule has 0 heterocycles. The molecule has 0 aliphatic carbocycles. The van der Waals surface area contributed by atoms with Crippen molar-refractivity contribution in [2.45, 2.75) is 12.9 Å². The number of aliphatic hydroxyl groups is 1. The molecule has 48 valence electrons. The van der Waals surface area contributed by atoms with Crippen LogP contribution in [0.1, 0.15) is 9.62 Å². The first-order valence-electron chi connectivity index (χ1n) is 3.18. The fourth-order valence-electron chi connectivity index (χ4n) is 0.204. The maximum Gasteiger partial charge on any atom is 0.404 e. The van der Waals surface area contributed by atoms with Crippen LogP contribution in [0, 0.1) is 0 Å². The zero-order valence-corrected chi connectivity index (χ0v) is 4.16. The number of carbonyl (C=O) groups is 1. The van der Waals surface area contributed by atoms with E-state index in [-0.39, 0.29) is 0 Å². The molecule has 0 spiro atoms. The van der Waals surface area contributed by atoms with Gasteiger partial charge in [0, 0.05) is 2.74 Å². The zero-order valence-electron chi connectivity index (χ0n) is 6.16. The number of aliphatic hydroxyl groups excluding tert-OH is 1. The van der Waals surface area contributed by atoms with Gasteiger partial charge in [0.25, 0.3) is 0 Å². The van der Waals surface area contributed by atoms with Gasteiger partial charge in [0.15, 0.2) is 0 Å². The number of nitrogens with one attached hydrogen (secondary N) is 1. The molecule has 0 aliphatic rings. The summed E-state index contributed by atoms with van der Waals surface area (Å²) < 4.78 is 13.4. The predicted octanol–water partition coefficient (Wildman–Crippen LogP) is -0.365. The largest absolute Gasteiger partial charge is 0.465 e. The average Bonchev–Trinajstić information content (AvgIpc) is 1.81. The summed E-state index contributed by atoms with van der Waals surface area (Å²) in [5.74, 6) is 0. The van der Waals surface area contributed by atoms with Crippen molar-refractivity contribution in [1.29, 1.82) is 0 Å². The van der Waals surface area contributed by atoms with E-state index >= 15 is 0 Å².